The molecule has 1 heterocycles. The van der Waals surface area contributed by atoms with Crippen LogP contribution >= 0.6 is 0 Å². The highest BCUT2D eigenvalue weighted by molar-refractivity contribution is 5.99. The van der Waals surface area contributed by atoms with Crippen LogP contribution in [-0.4, -0.2) is 27.3 Å². The molecule has 0 bridgehead atoms. The van der Waals surface area contributed by atoms with E-state index in [4.69, 9.17) is 23.4 Å². The molecular formula is C26H22O7. The molecule has 0 atom stereocenters. The smallest absolute Gasteiger partial charge is 0.374 e. The van der Waals surface area contributed by atoms with Gasteiger partial charge < -0.3 is 23.4 Å². The Morgan fingerprint density at radius 2 is 1.61 bits per heavy atom. The fourth-order valence-corrected chi connectivity index (χ4v) is 3.56. The molecule has 1 aromatic heterocycles. The first-order chi connectivity index (χ1) is 16.0. The molecule has 3 aromatic carbocycles. The largest absolute Gasteiger partial charge is 0.497 e. The van der Waals surface area contributed by atoms with Gasteiger partial charge in [-0.25, -0.2) is 9.59 Å². The molecule has 4 aromatic rings. The molecule has 0 unspecified atom stereocenters. The zero-order valence-electron chi connectivity index (χ0n) is 18.4. The first kappa shape index (κ1) is 22.0. The molecule has 0 saturated carbocycles. The van der Waals surface area contributed by atoms with E-state index in [-0.39, 0.29) is 23.5 Å². The quantitative estimate of drug-likeness (QED) is 0.376. The Bertz CT molecular complexity index is 1340. The Kier molecular flexibility index (Phi) is 6.31. The van der Waals surface area contributed by atoms with E-state index in [1.807, 2.05) is 54.6 Å². The van der Waals surface area contributed by atoms with Crippen LogP contribution in [-0.2, 0) is 11.3 Å². The molecule has 0 fully saturated rings. The maximum Gasteiger partial charge on any atom is 0.374 e. The molecule has 33 heavy (non-hydrogen) atoms. The van der Waals surface area contributed by atoms with Gasteiger partial charge in [-0.1, -0.05) is 42.5 Å². The van der Waals surface area contributed by atoms with Crippen LogP contribution in [0.1, 0.15) is 16.1 Å². The molecule has 168 valence electrons. The van der Waals surface area contributed by atoms with E-state index in [2.05, 4.69) is 0 Å². The van der Waals surface area contributed by atoms with Gasteiger partial charge in [-0.15, -0.1) is 0 Å². The standard InChI is InChI=1S/C26H22O7/c1-29-19-11-9-17(10-12-19)20-13-18-14-21(25(27)31-3)33-26(28)22(18)24(30-2)23(20)32-15-16-7-5-4-6-8-16/h4-14H,15H2,1-3H3. The summed E-state index contributed by atoms with van der Waals surface area (Å²) >= 11 is 0. The van der Waals surface area contributed by atoms with Crippen molar-refractivity contribution in [2.75, 3.05) is 21.3 Å². The van der Waals surface area contributed by atoms with Crippen molar-refractivity contribution < 1.29 is 28.2 Å². The zero-order valence-corrected chi connectivity index (χ0v) is 18.4. The Morgan fingerprint density at radius 1 is 0.879 bits per heavy atom. The predicted octanol–water partition coefficient (Wildman–Crippen LogP) is 4.84. The minimum absolute atomic E-state index is 0.172. The van der Waals surface area contributed by atoms with Gasteiger partial charge in [0.05, 0.1) is 21.3 Å². The number of benzene rings is 3. The number of fused-ring (bicyclic) bond motifs is 1. The molecule has 0 saturated heterocycles. The third kappa shape index (κ3) is 4.39. The SMILES string of the molecule is COC(=O)c1cc2cc(-c3ccc(OC)cc3)c(OCc3ccccc3)c(OC)c2c(=O)o1. The first-order valence-corrected chi connectivity index (χ1v) is 10.1. The molecular weight excluding hydrogens is 424 g/mol. The number of rotatable bonds is 7. The second-order valence-corrected chi connectivity index (χ2v) is 7.14. The van der Waals surface area contributed by atoms with Crippen LogP contribution in [0.3, 0.4) is 0 Å². The maximum atomic E-state index is 12.8. The topological polar surface area (TPSA) is 84.2 Å². The highest BCUT2D eigenvalue weighted by atomic mass is 16.5. The van der Waals surface area contributed by atoms with E-state index in [1.165, 1.54) is 20.3 Å². The van der Waals surface area contributed by atoms with Gasteiger partial charge in [-0.05, 0) is 40.8 Å². The van der Waals surface area contributed by atoms with E-state index in [0.29, 0.717) is 22.4 Å². The van der Waals surface area contributed by atoms with Gasteiger partial charge in [0.15, 0.2) is 11.5 Å². The number of ether oxygens (including phenoxy) is 4. The fraction of sp³-hybridized carbons (Fsp3) is 0.154. The van der Waals surface area contributed by atoms with Gasteiger partial charge in [0.25, 0.3) is 0 Å². The van der Waals surface area contributed by atoms with Crippen LogP contribution in [0.4, 0.5) is 0 Å². The normalized spacial score (nSPS) is 10.6. The average molecular weight is 446 g/mol. The molecule has 0 spiro atoms. The van der Waals surface area contributed by atoms with E-state index in [9.17, 15) is 9.59 Å². The molecule has 4 rings (SSSR count). The van der Waals surface area contributed by atoms with Gasteiger partial charge in [-0.2, -0.15) is 0 Å². The molecule has 0 amide bonds. The zero-order chi connectivity index (χ0) is 23.4. The molecule has 7 heteroatoms. The van der Waals surface area contributed by atoms with Gasteiger partial charge >= 0.3 is 11.6 Å². The van der Waals surface area contributed by atoms with Gasteiger partial charge in [0, 0.05) is 5.56 Å². The average Bonchev–Trinajstić information content (AvgIpc) is 2.86. The van der Waals surface area contributed by atoms with Crippen LogP contribution in [0.2, 0.25) is 0 Å². The van der Waals surface area contributed by atoms with Crippen LogP contribution in [0.15, 0.2) is 75.9 Å². The monoisotopic (exact) mass is 446 g/mol. The molecule has 0 aliphatic carbocycles. The second kappa shape index (κ2) is 9.48. The summed E-state index contributed by atoms with van der Waals surface area (Å²) < 4.78 is 27.0. The molecule has 0 aliphatic rings. The Morgan fingerprint density at radius 3 is 2.24 bits per heavy atom. The Labute approximate surface area is 190 Å². The summed E-state index contributed by atoms with van der Waals surface area (Å²) in [5.41, 5.74) is 1.72. The van der Waals surface area contributed by atoms with Gasteiger partial charge in [-0.3, -0.25) is 0 Å². The lowest BCUT2D eigenvalue weighted by Gasteiger charge is -2.18. The lowest BCUT2D eigenvalue weighted by atomic mass is 9.99. The summed E-state index contributed by atoms with van der Waals surface area (Å²) in [4.78, 5) is 24.8. The predicted molar refractivity (Wildman–Crippen MR) is 123 cm³/mol. The molecule has 0 N–H and O–H groups in total. The van der Waals surface area contributed by atoms with Crippen LogP contribution in [0, 0.1) is 0 Å². The van der Waals surface area contributed by atoms with Gasteiger partial charge in [0.1, 0.15) is 17.7 Å². The fourth-order valence-electron chi connectivity index (χ4n) is 3.56. The third-order valence-electron chi connectivity index (χ3n) is 5.18. The van der Waals surface area contributed by atoms with Crippen molar-refractivity contribution in [2.45, 2.75) is 6.61 Å². The highest BCUT2D eigenvalue weighted by Crippen LogP contribution is 2.43. The number of methoxy groups -OCH3 is 3. The van der Waals surface area contributed by atoms with Crippen molar-refractivity contribution in [3.05, 3.63) is 88.5 Å². The molecule has 7 nitrogen and oxygen atoms in total. The maximum absolute atomic E-state index is 12.8. The van der Waals surface area contributed by atoms with Crippen LogP contribution < -0.4 is 19.8 Å². The van der Waals surface area contributed by atoms with Crippen LogP contribution in [0.25, 0.3) is 21.9 Å². The molecule has 0 aliphatic heterocycles. The number of hydrogen-bond donors (Lipinski definition) is 0. The summed E-state index contributed by atoms with van der Waals surface area (Å²) in [6.07, 6.45) is 0. The second-order valence-electron chi connectivity index (χ2n) is 7.14. The number of hydrogen-bond acceptors (Lipinski definition) is 7. The number of carbonyl (C=O) groups is 1. The molecule has 0 radical (unpaired) electrons. The minimum atomic E-state index is -0.747. The number of carbonyl (C=O) groups excluding carboxylic acids is 1. The Hall–Kier alpha value is -4.26. The highest BCUT2D eigenvalue weighted by Gasteiger charge is 2.23. The van der Waals surface area contributed by atoms with Crippen LogP contribution in [0.5, 0.6) is 17.2 Å². The lowest BCUT2D eigenvalue weighted by Crippen LogP contribution is -2.10. The summed E-state index contributed by atoms with van der Waals surface area (Å²) in [6, 6.07) is 20.3. The third-order valence-corrected chi connectivity index (χ3v) is 5.18. The van der Waals surface area contributed by atoms with E-state index in [1.54, 1.807) is 13.2 Å². The van der Waals surface area contributed by atoms with Crippen molar-refractivity contribution in [3.8, 4) is 28.4 Å². The van der Waals surface area contributed by atoms with Crippen molar-refractivity contribution in [3.63, 3.8) is 0 Å². The van der Waals surface area contributed by atoms with Crippen molar-refractivity contribution in [1.82, 2.24) is 0 Å². The summed E-state index contributed by atoms with van der Waals surface area (Å²) in [5.74, 6) is 0.363. The summed E-state index contributed by atoms with van der Waals surface area (Å²) in [5, 5.41) is 0.631. The van der Waals surface area contributed by atoms with Gasteiger partial charge in [0.2, 0.25) is 5.76 Å². The van der Waals surface area contributed by atoms with E-state index in [0.717, 1.165) is 11.1 Å². The van der Waals surface area contributed by atoms with E-state index < -0.39 is 11.6 Å². The summed E-state index contributed by atoms with van der Waals surface area (Å²) in [7, 11) is 4.27. The van der Waals surface area contributed by atoms with Crippen molar-refractivity contribution >= 4 is 16.7 Å². The Balaban J connectivity index is 1.95. The van der Waals surface area contributed by atoms with Crippen molar-refractivity contribution in [2.24, 2.45) is 0 Å². The summed E-state index contributed by atoms with van der Waals surface area (Å²) in [6.45, 7) is 0.261. The van der Waals surface area contributed by atoms with Crippen molar-refractivity contribution in [1.29, 1.82) is 0 Å². The van der Waals surface area contributed by atoms with E-state index >= 15 is 0 Å². The first-order valence-electron chi connectivity index (χ1n) is 10.1. The lowest BCUT2D eigenvalue weighted by molar-refractivity contribution is 0.0560. The number of esters is 1. The minimum Gasteiger partial charge on any atom is -0.497 e.